The number of fused-ring (bicyclic) bond motifs is 3. The Hall–Kier alpha value is -1.43. The van der Waals surface area contributed by atoms with Gasteiger partial charge >= 0.3 is 0 Å². The highest BCUT2D eigenvalue weighted by Crippen LogP contribution is 2.37. The Bertz CT molecular complexity index is 582. The number of aromatic nitrogens is 3. The minimum absolute atomic E-state index is 0.200. The van der Waals surface area contributed by atoms with E-state index in [0.29, 0.717) is 23.9 Å². The Kier molecular flexibility index (Phi) is 4.57. The molecule has 1 unspecified atom stereocenters. The average molecular weight is 331 g/mol. The Morgan fingerprint density at radius 2 is 2.25 bits per heavy atom. The fourth-order valence-corrected chi connectivity index (χ4v) is 4.28. The van der Waals surface area contributed by atoms with Crippen LogP contribution in [0.25, 0.3) is 0 Å². The summed E-state index contributed by atoms with van der Waals surface area (Å²) >= 11 is 0. The van der Waals surface area contributed by atoms with Gasteiger partial charge in [-0.05, 0) is 51.0 Å². The van der Waals surface area contributed by atoms with Crippen LogP contribution in [0.1, 0.15) is 51.1 Å². The molecule has 1 aromatic rings. The molecule has 1 aliphatic carbocycles. The minimum Gasteiger partial charge on any atom is -0.353 e. The molecule has 1 aromatic heterocycles. The summed E-state index contributed by atoms with van der Waals surface area (Å²) in [5.41, 5.74) is 1.11. The van der Waals surface area contributed by atoms with Gasteiger partial charge in [0.2, 0.25) is 5.91 Å². The van der Waals surface area contributed by atoms with Crippen molar-refractivity contribution in [2.75, 3.05) is 13.1 Å². The maximum atomic E-state index is 12.4. The van der Waals surface area contributed by atoms with E-state index in [-0.39, 0.29) is 5.92 Å². The lowest BCUT2D eigenvalue weighted by Crippen LogP contribution is -2.58. The van der Waals surface area contributed by atoms with Crippen molar-refractivity contribution in [2.24, 2.45) is 11.8 Å². The van der Waals surface area contributed by atoms with Crippen LogP contribution >= 0.6 is 0 Å². The van der Waals surface area contributed by atoms with Gasteiger partial charge in [-0.25, -0.2) is 0 Å². The molecule has 0 spiro atoms. The number of carbonyl (C=O) groups is 1. The van der Waals surface area contributed by atoms with Crippen molar-refractivity contribution in [1.82, 2.24) is 25.2 Å². The molecular formula is C18H29N5O. The first-order valence-electron chi connectivity index (χ1n) is 9.66. The predicted octanol–water partition coefficient (Wildman–Crippen LogP) is 1.61. The molecule has 132 valence electrons. The van der Waals surface area contributed by atoms with Gasteiger partial charge < -0.3 is 5.32 Å². The van der Waals surface area contributed by atoms with Crippen molar-refractivity contribution < 1.29 is 4.79 Å². The number of amides is 1. The summed E-state index contributed by atoms with van der Waals surface area (Å²) in [6.45, 7) is 5.16. The Balaban J connectivity index is 1.33. The lowest BCUT2D eigenvalue weighted by molar-refractivity contribution is -0.133. The number of carbonyl (C=O) groups excluding carboxylic acids is 1. The van der Waals surface area contributed by atoms with Gasteiger partial charge in [-0.15, -0.1) is 5.10 Å². The number of nitrogens with one attached hydrogen (secondary N) is 1. The third-order valence-electron chi connectivity index (χ3n) is 5.91. The maximum absolute atomic E-state index is 12.4. The van der Waals surface area contributed by atoms with E-state index < -0.39 is 0 Å². The molecule has 1 saturated carbocycles. The zero-order valence-electron chi connectivity index (χ0n) is 14.7. The summed E-state index contributed by atoms with van der Waals surface area (Å²) in [4.78, 5) is 14.9. The Morgan fingerprint density at radius 3 is 2.96 bits per heavy atom. The largest absolute Gasteiger partial charge is 0.353 e. The van der Waals surface area contributed by atoms with E-state index in [0.717, 1.165) is 38.2 Å². The number of rotatable bonds is 7. The minimum atomic E-state index is 0.200. The zero-order chi connectivity index (χ0) is 16.5. The van der Waals surface area contributed by atoms with Crippen LogP contribution in [0.5, 0.6) is 0 Å². The second kappa shape index (κ2) is 6.82. The standard InChI is InChI=1S/C18H29N5O/c1-2-3-4-15-10-23(21-20-15)11-16-9-13-7-8-22(16)12-17(13)18(24)19-14-5-6-14/h10,13-14,16-17H,2-9,11-12H2,1H3,(H,19,24)/t13-,16+,17-/m0/s1. The van der Waals surface area contributed by atoms with Crippen LogP contribution in [0, 0.1) is 11.8 Å². The van der Waals surface area contributed by atoms with Crippen LogP contribution in [0.15, 0.2) is 6.20 Å². The zero-order valence-corrected chi connectivity index (χ0v) is 14.7. The molecule has 3 saturated heterocycles. The van der Waals surface area contributed by atoms with Gasteiger partial charge in [-0.3, -0.25) is 14.4 Å². The SMILES string of the molecule is CCCCc1cn(C[C@H]2C[C@@H]3CCN2C[C@@H]3C(=O)NC2CC2)nn1. The van der Waals surface area contributed by atoms with Crippen LogP contribution in [0.3, 0.4) is 0 Å². The fraction of sp³-hybridized carbons (Fsp3) is 0.833. The molecule has 2 bridgehead atoms. The lowest BCUT2D eigenvalue weighted by Gasteiger charge is -2.49. The third-order valence-corrected chi connectivity index (χ3v) is 5.91. The predicted molar refractivity (Wildman–Crippen MR) is 91.4 cm³/mol. The van der Waals surface area contributed by atoms with Crippen LogP contribution < -0.4 is 5.32 Å². The molecular weight excluding hydrogens is 302 g/mol. The van der Waals surface area contributed by atoms with Crippen molar-refractivity contribution in [2.45, 2.75) is 70.5 Å². The molecule has 1 amide bonds. The van der Waals surface area contributed by atoms with E-state index in [4.69, 9.17) is 0 Å². The summed E-state index contributed by atoms with van der Waals surface area (Å²) in [6, 6.07) is 0.981. The van der Waals surface area contributed by atoms with E-state index in [1.165, 1.54) is 32.1 Å². The normalized spacial score (nSPS) is 32.0. The summed E-state index contributed by atoms with van der Waals surface area (Å²) in [6.07, 6.45) is 10.1. The molecule has 5 rings (SSSR count). The first-order valence-corrected chi connectivity index (χ1v) is 9.66. The number of piperidine rings is 3. The summed E-state index contributed by atoms with van der Waals surface area (Å²) in [5, 5.41) is 11.8. The molecule has 4 fully saturated rings. The monoisotopic (exact) mass is 331 g/mol. The highest BCUT2D eigenvalue weighted by Gasteiger charge is 2.44. The average Bonchev–Trinajstić information content (AvgIpc) is 3.30. The number of nitrogens with zero attached hydrogens (tertiary/aromatic N) is 4. The van der Waals surface area contributed by atoms with Gasteiger partial charge in [0.15, 0.2) is 0 Å². The summed E-state index contributed by atoms with van der Waals surface area (Å²) < 4.78 is 2.01. The maximum Gasteiger partial charge on any atom is 0.224 e. The summed E-state index contributed by atoms with van der Waals surface area (Å²) in [5.74, 6) is 1.04. The fourth-order valence-electron chi connectivity index (χ4n) is 4.28. The molecule has 24 heavy (non-hydrogen) atoms. The van der Waals surface area contributed by atoms with E-state index >= 15 is 0 Å². The van der Waals surface area contributed by atoms with Crippen molar-refractivity contribution in [1.29, 1.82) is 0 Å². The molecule has 6 heteroatoms. The molecule has 4 heterocycles. The molecule has 0 radical (unpaired) electrons. The molecule has 4 atom stereocenters. The van der Waals surface area contributed by atoms with E-state index in [1.54, 1.807) is 0 Å². The highest BCUT2D eigenvalue weighted by molar-refractivity contribution is 5.80. The smallest absolute Gasteiger partial charge is 0.224 e. The quantitative estimate of drug-likeness (QED) is 0.824. The van der Waals surface area contributed by atoms with Gasteiger partial charge in [-0.2, -0.15) is 0 Å². The van der Waals surface area contributed by atoms with Crippen LogP contribution in [0.4, 0.5) is 0 Å². The first kappa shape index (κ1) is 16.1. The lowest BCUT2D eigenvalue weighted by atomic mass is 9.75. The first-order chi connectivity index (χ1) is 11.7. The highest BCUT2D eigenvalue weighted by atomic mass is 16.2. The Morgan fingerprint density at radius 1 is 1.38 bits per heavy atom. The van der Waals surface area contributed by atoms with Gasteiger partial charge in [-0.1, -0.05) is 18.6 Å². The number of unbranched alkanes of at least 4 members (excludes halogenated alkanes) is 1. The van der Waals surface area contributed by atoms with E-state index in [9.17, 15) is 4.79 Å². The second-order valence-electron chi connectivity index (χ2n) is 7.86. The van der Waals surface area contributed by atoms with Gasteiger partial charge in [0.1, 0.15) is 0 Å². The van der Waals surface area contributed by atoms with Crippen molar-refractivity contribution in [3.63, 3.8) is 0 Å². The van der Waals surface area contributed by atoms with E-state index in [2.05, 4.69) is 33.6 Å². The summed E-state index contributed by atoms with van der Waals surface area (Å²) in [7, 11) is 0. The van der Waals surface area contributed by atoms with Crippen LogP contribution in [0.2, 0.25) is 0 Å². The molecule has 3 aliphatic heterocycles. The number of hydrogen-bond donors (Lipinski definition) is 1. The van der Waals surface area contributed by atoms with Gasteiger partial charge in [0.05, 0.1) is 18.2 Å². The van der Waals surface area contributed by atoms with Crippen molar-refractivity contribution in [3.8, 4) is 0 Å². The second-order valence-corrected chi connectivity index (χ2v) is 7.86. The number of hydrogen-bond acceptors (Lipinski definition) is 4. The van der Waals surface area contributed by atoms with Crippen LogP contribution in [-0.2, 0) is 17.8 Å². The molecule has 6 nitrogen and oxygen atoms in total. The molecule has 0 aromatic carbocycles. The third kappa shape index (κ3) is 3.48. The van der Waals surface area contributed by atoms with E-state index in [1.807, 2.05) is 4.68 Å². The van der Waals surface area contributed by atoms with Crippen molar-refractivity contribution in [3.05, 3.63) is 11.9 Å². The Labute approximate surface area is 144 Å². The van der Waals surface area contributed by atoms with Gasteiger partial charge in [0, 0.05) is 24.8 Å². The van der Waals surface area contributed by atoms with Crippen LogP contribution in [-0.4, -0.2) is 51.0 Å². The molecule has 4 aliphatic rings. The topological polar surface area (TPSA) is 63.1 Å². The van der Waals surface area contributed by atoms with Gasteiger partial charge in [0.25, 0.3) is 0 Å². The molecule has 1 N–H and O–H groups in total. The van der Waals surface area contributed by atoms with Crippen molar-refractivity contribution >= 4 is 5.91 Å². The number of aryl methyl sites for hydroxylation is 1.